The summed E-state index contributed by atoms with van der Waals surface area (Å²) in [5, 5.41) is 8.62. The third kappa shape index (κ3) is 3.34. The molecule has 0 aliphatic rings. The molecule has 1 atom stereocenters. The zero-order chi connectivity index (χ0) is 12.3. The van der Waals surface area contributed by atoms with Crippen LogP contribution in [0.5, 0.6) is 0 Å². The molecule has 0 aliphatic heterocycles. The van der Waals surface area contributed by atoms with Gasteiger partial charge in [0.25, 0.3) is 0 Å². The number of hydrogen-bond donors (Lipinski definition) is 1. The van der Waals surface area contributed by atoms with Crippen molar-refractivity contribution in [3.63, 3.8) is 0 Å². The third-order valence-electron chi connectivity index (χ3n) is 2.10. The van der Waals surface area contributed by atoms with Gasteiger partial charge in [-0.1, -0.05) is 20.8 Å². The standard InChI is InChI=1S/C11H17NO4/c1-7(10(13)14)15-6-9-12-5-8(16-9)11(2,3)4/h5,7H,6H2,1-4H3,(H,13,14)/t7-/m0/s1. The Morgan fingerprint density at radius 1 is 1.62 bits per heavy atom. The van der Waals surface area contributed by atoms with E-state index in [0.29, 0.717) is 5.89 Å². The van der Waals surface area contributed by atoms with Crippen molar-refractivity contribution < 1.29 is 19.1 Å². The van der Waals surface area contributed by atoms with E-state index < -0.39 is 12.1 Å². The summed E-state index contributed by atoms with van der Waals surface area (Å²) in [6.07, 6.45) is 0.786. The Hall–Kier alpha value is -1.36. The van der Waals surface area contributed by atoms with Crippen molar-refractivity contribution in [1.82, 2.24) is 4.98 Å². The highest BCUT2D eigenvalue weighted by molar-refractivity contribution is 5.71. The molecule has 1 heterocycles. The monoisotopic (exact) mass is 227 g/mol. The molecule has 0 saturated carbocycles. The fourth-order valence-electron chi connectivity index (χ4n) is 0.991. The summed E-state index contributed by atoms with van der Waals surface area (Å²) >= 11 is 0. The maximum absolute atomic E-state index is 10.5. The Balaban J connectivity index is 2.57. The van der Waals surface area contributed by atoms with E-state index in [2.05, 4.69) is 4.98 Å². The normalized spacial score (nSPS) is 13.8. The quantitative estimate of drug-likeness (QED) is 0.851. The molecule has 5 nitrogen and oxygen atoms in total. The fourth-order valence-corrected chi connectivity index (χ4v) is 0.991. The van der Waals surface area contributed by atoms with Crippen LogP contribution < -0.4 is 0 Å². The maximum atomic E-state index is 10.5. The van der Waals surface area contributed by atoms with Crippen molar-refractivity contribution in [1.29, 1.82) is 0 Å². The van der Waals surface area contributed by atoms with Crippen molar-refractivity contribution in [3.8, 4) is 0 Å². The van der Waals surface area contributed by atoms with Gasteiger partial charge in [0, 0.05) is 5.41 Å². The number of ether oxygens (including phenoxy) is 1. The molecule has 0 bridgehead atoms. The van der Waals surface area contributed by atoms with E-state index in [0.717, 1.165) is 5.76 Å². The van der Waals surface area contributed by atoms with Gasteiger partial charge in [0.2, 0.25) is 5.89 Å². The highest BCUT2D eigenvalue weighted by Gasteiger charge is 2.20. The lowest BCUT2D eigenvalue weighted by Crippen LogP contribution is -2.19. The van der Waals surface area contributed by atoms with Gasteiger partial charge in [-0.05, 0) is 6.92 Å². The van der Waals surface area contributed by atoms with Crippen molar-refractivity contribution >= 4 is 5.97 Å². The van der Waals surface area contributed by atoms with Crippen LogP contribution in [0.25, 0.3) is 0 Å². The van der Waals surface area contributed by atoms with E-state index in [1.165, 1.54) is 6.92 Å². The van der Waals surface area contributed by atoms with Gasteiger partial charge in [0.15, 0.2) is 6.10 Å². The fraction of sp³-hybridized carbons (Fsp3) is 0.636. The van der Waals surface area contributed by atoms with Gasteiger partial charge >= 0.3 is 5.97 Å². The van der Waals surface area contributed by atoms with E-state index in [1.807, 2.05) is 20.8 Å². The molecule has 0 aliphatic carbocycles. The van der Waals surface area contributed by atoms with Crippen LogP contribution in [-0.2, 0) is 21.6 Å². The number of rotatable bonds is 4. The highest BCUT2D eigenvalue weighted by atomic mass is 16.5. The minimum Gasteiger partial charge on any atom is -0.479 e. The number of carboxylic acids is 1. The van der Waals surface area contributed by atoms with E-state index in [1.54, 1.807) is 6.20 Å². The second kappa shape index (κ2) is 4.65. The van der Waals surface area contributed by atoms with Crippen LogP contribution >= 0.6 is 0 Å². The Bertz CT molecular complexity index is 364. The largest absolute Gasteiger partial charge is 0.479 e. The topological polar surface area (TPSA) is 72.6 Å². The lowest BCUT2D eigenvalue weighted by molar-refractivity contribution is -0.150. The van der Waals surface area contributed by atoms with Crippen molar-refractivity contribution in [3.05, 3.63) is 17.8 Å². The summed E-state index contributed by atoms with van der Waals surface area (Å²) in [6.45, 7) is 7.58. The first-order valence-corrected chi connectivity index (χ1v) is 5.10. The average molecular weight is 227 g/mol. The zero-order valence-corrected chi connectivity index (χ0v) is 9.98. The molecule has 16 heavy (non-hydrogen) atoms. The van der Waals surface area contributed by atoms with Gasteiger partial charge in [-0.2, -0.15) is 0 Å². The smallest absolute Gasteiger partial charge is 0.332 e. The first-order valence-electron chi connectivity index (χ1n) is 5.10. The molecule has 0 saturated heterocycles. The number of hydrogen-bond acceptors (Lipinski definition) is 4. The second-order valence-corrected chi connectivity index (χ2v) is 4.66. The van der Waals surface area contributed by atoms with Gasteiger partial charge in [-0.3, -0.25) is 0 Å². The summed E-state index contributed by atoms with van der Waals surface area (Å²) in [6, 6.07) is 0. The maximum Gasteiger partial charge on any atom is 0.332 e. The highest BCUT2D eigenvalue weighted by Crippen LogP contribution is 2.22. The molecule has 90 valence electrons. The predicted octanol–water partition coefficient (Wildman–Crippen LogP) is 1.96. The van der Waals surface area contributed by atoms with Crippen LogP contribution in [0, 0.1) is 0 Å². The Morgan fingerprint density at radius 2 is 2.25 bits per heavy atom. The predicted molar refractivity (Wildman–Crippen MR) is 57.1 cm³/mol. The summed E-state index contributed by atoms with van der Waals surface area (Å²) in [5.74, 6) is 0.162. The van der Waals surface area contributed by atoms with Crippen molar-refractivity contribution in [2.24, 2.45) is 0 Å². The summed E-state index contributed by atoms with van der Waals surface area (Å²) in [5.41, 5.74) is -0.107. The van der Waals surface area contributed by atoms with Crippen LogP contribution in [0.1, 0.15) is 39.3 Å². The van der Waals surface area contributed by atoms with Crippen LogP contribution in [0.4, 0.5) is 0 Å². The second-order valence-electron chi connectivity index (χ2n) is 4.66. The third-order valence-corrected chi connectivity index (χ3v) is 2.10. The minimum atomic E-state index is -0.998. The average Bonchev–Trinajstić information content (AvgIpc) is 2.61. The van der Waals surface area contributed by atoms with Gasteiger partial charge in [-0.25, -0.2) is 9.78 Å². The summed E-state index contributed by atoms with van der Waals surface area (Å²) in [4.78, 5) is 14.5. The number of carbonyl (C=O) groups is 1. The molecule has 1 rings (SSSR count). The molecular weight excluding hydrogens is 210 g/mol. The zero-order valence-electron chi connectivity index (χ0n) is 9.98. The lowest BCUT2D eigenvalue weighted by Gasteiger charge is -2.13. The molecule has 0 spiro atoms. The Morgan fingerprint density at radius 3 is 2.69 bits per heavy atom. The Labute approximate surface area is 94.4 Å². The van der Waals surface area contributed by atoms with Gasteiger partial charge in [-0.15, -0.1) is 0 Å². The van der Waals surface area contributed by atoms with E-state index in [-0.39, 0.29) is 12.0 Å². The molecule has 1 aromatic rings. The van der Waals surface area contributed by atoms with Crippen molar-refractivity contribution in [2.75, 3.05) is 0 Å². The molecular formula is C11H17NO4. The SMILES string of the molecule is C[C@H](OCc1ncc(C(C)(C)C)o1)C(=O)O. The number of nitrogens with zero attached hydrogens (tertiary/aromatic N) is 1. The molecule has 0 aromatic carbocycles. The number of oxazole rings is 1. The molecule has 5 heteroatoms. The van der Waals surface area contributed by atoms with Gasteiger partial charge in [0.1, 0.15) is 12.4 Å². The molecule has 0 amide bonds. The van der Waals surface area contributed by atoms with E-state index in [9.17, 15) is 4.79 Å². The molecule has 1 aromatic heterocycles. The lowest BCUT2D eigenvalue weighted by atomic mass is 9.94. The summed E-state index contributed by atoms with van der Waals surface area (Å²) < 4.78 is 10.5. The van der Waals surface area contributed by atoms with Crippen LogP contribution in [0.15, 0.2) is 10.6 Å². The Kier molecular flexibility index (Phi) is 3.70. The van der Waals surface area contributed by atoms with Crippen LogP contribution in [0.3, 0.4) is 0 Å². The molecule has 0 unspecified atom stereocenters. The van der Waals surface area contributed by atoms with E-state index >= 15 is 0 Å². The number of aliphatic carboxylic acids is 1. The molecule has 0 fully saturated rings. The first-order chi connectivity index (χ1) is 7.30. The van der Waals surface area contributed by atoms with Crippen LogP contribution in [0.2, 0.25) is 0 Å². The van der Waals surface area contributed by atoms with E-state index in [4.69, 9.17) is 14.3 Å². The minimum absolute atomic E-state index is 0.0730. The number of carboxylic acid groups (broad SMARTS) is 1. The summed E-state index contributed by atoms with van der Waals surface area (Å²) in [7, 11) is 0. The number of aromatic nitrogens is 1. The van der Waals surface area contributed by atoms with Crippen molar-refractivity contribution in [2.45, 2.75) is 45.8 Å². The first kappa shape index (κ1) is 12.7. The van der Waals surface area contributed by atoms with Gasteiger partial charge < -0.3 is 14.3 Å². The molecule has 1 N–H and O–H groups in total. The molecule has 0 radical (unpaired) electrons. The van der Waals surface area contributed by atoms with Crippen LogP contribution in [-0.4, -0.2) is 22.2 Å². The van der Waals surface area contributed by atoms with Gasteiger partial charge in [0.05, 0.1) is 6.20 Å².